The normalized spacial score (nSPS) is 42.6. The molecule has 2 N–H and O–H groups in total. The maximum atomic E-state index is 4.39. The molecular formula is C16H29N. The fraction of sp³-hybridized carbons (Fsp3) is 0.812. The van der Waals surface area contributed by atoms with Gasteiger partial charge >= 0.3 is 0 Å². The molecule has 2 aliphatic rings. The van der Waals surface area contributed by atoms with Crippen molar-refractivity contribution in [2.45, 2.75) is 58.9 Å². The van der Waals surface area contributed by atoms with Gasteiger partial charge in [0, 0.05) is 11.8 Å². The molecule has 2 aliphatic carbocycles. The van der Waals surface area contributed by atoms with Gasteiger partial charge in [0.1, 0.15) is 0 Å². The van der Waals surface area contributed by atoms with Gasteiger partial charge in [-0.25, -0.2) is 0 Å². The van der Waals surface area contributed by atoms with E-state index in [4.69, 9.17) is 0 Å². The highest BCUT2D eigenvalue weighted by Crippen LogP contribution is 2.53. The number of hydrogen-bond donors (Lipinski definition) is 1. The van der Waals surface area contributed by atoms with Gasteiger partial charge in [0.25, 0.3) is 0 Å². The summed E-state index contributed by atoms with van der Waals surface area (Å²) < 4.78 is 0. The Morgan fingerprint density at radius 2 is 2.12 bits per heavy atom. The van der Waals surface area contributed by atoms with Crippen LogP contribution >= 0.6 is 0 Å². The Hall–Kier alpha value is -0.300. The minimum Gasteiger partial charge on any atom is -0.476 e. The number of quaternary nitrogens is 1. The average Bonchev–Trinajstić information content (AvgIpc) is 2.26. The van der Waals surface area contributed by atoms with Crippen LogP contribution in [0.2, 0.25) is 0 Å². The monoisotopic (exact) mass is 235 g/mol. The second-order valence-corrected chi connectivity index (χ2v) is 6.90. The second-order valence-electron chi connectivity index (χ2n) is 6.90. The summed E-state index contributed by atoms with van der Waals surface area (Å²) in [7, 11) is 4.13. The van der Waals surface area contributed by atoms with Crippen LogP contribution in [0.25, 0.3) is 0 Å². The quantitative estimate of drug-likeness (QED) is 0.559. The molecule has 2 saturated carbocycles. The lowest BCUT2D eigenvalue weighted by Gasteiger charge is -2.53. The van der Waals surface area contributed by atoms with E-state index in [1.807, 2.05) is 0 Å². The lowest BCUT2D eigenvalue weighted by atomic mass is 9.53. The molecule has 0 radical (unpaired) electrons. The SMILES string of the molecule is C=C1CCC[C@]2(C)CC[C@H](C(C)C)[C@@H]([NH2+][CH2-])[C@H]12. The van der Waals surface area contributed by atoms with Gasteiger partial charge in [-0.15, -0.1) is 0 Å². The van der Waals surface area contributed by atoms with Crippen LogP contribution in [0.1, 0.15) is 52.9 Å². The Morgan fingerprint density at radius 1 is 1.41 bits per heavy atom. The highest BCUT2D eigenvalue weighted by molar-refractivity contribution is 5.15. The molecule has 0 saturated heterocycles. The number of hydrogen-bond acceptors (Lipinski definition) is 0. The van der Waals surface area contributed by atoms with E-state index in [1.54, 1.807) is 0 Å². The summed E-state index contributed by atoms with van der Waals surface area (Å²) in [5.41, 5.74) is 2.02. The van der Waals surface area contributed by atoms with Gasteiger partial charge in [-0.05, 0) is 43.4 Å². The van der Waals surface area contributed by atoms with Gasteiger partial charge in [-0.1, -0.05) is 32.9 Å². The molecule has 4 atom stereocenters. The fourth-order valence-corrected chi connectivity index (χ4v) is 4.57. The molecule has 1 nitrogen and oxygen atoms in total. The molecule has 0 heterocycles. The summed E-state index contributed by atoms with van der Waals surface area (Å²) in [4.78, 5) is 0. The van der Waals surface area contributed by atoms with E-state index in [9.17, 15) is 0 Å². The summed E-state index contributed by atoms with van der Waals surface area (Å²) in [5, 5.41) is 2.24. The smallest absolute Gasteiger partial charge is 0.0722 e. The van der Waals surface area contributed by atoms with Crippen molar-refractivity contribution < 1.29 is 5.32 Å². The van der Waals surface area contributed by atoms with Gasteiger partial charge in [0.2, 0.25) is 0 Å². The summed E-state index contributed by atoms with van der Waals surface area (Å²) >= 11 is 0. The Kier molecular flexibility index (Phi) is 3.68. The van der Waals surface area contributed by atoms with Crippen molar-refractivity contribution in [2.24, 2.45) is 23.2 Å². The molecule has 0 amide bonds. The molecule has 2 rings (SSSR count). The van der Waals surface area contributed by atoms with E-state index in [-0.39, 0.29) is 0 Å². The van der Waals surface area contributed by atoms with Gasteiger partial charge in [-0.2, -0.15) is 7.05 Å². The van der Waals surface area contributed by atoms with E-state index in [0.717, 1.165) is 11.8 Å². The molecule has 0 aromatic rings. The van der Waals surface area contributed by atoms with Crippen molar-refractivity contribution >= 4 is 0 Å². The zero-order chi connectivity index (χ0) is 12.6. The van der Waals surface area contributed by atoms with Crippen LogP contribution in [0.5, 0.6) is 0 Å². The van der Waals surface area contributed by atoms with Crippen LogP contribution in [0, 0.1) is 30.2 Å². The molecule has 2 fully saturated rings. The van der Waals surface area contributed by atoms with Crippen LogP contribution in [-0.4, -0.2) is 6.04 Å². The third-order valence-corrected chi connectivity index (χ3v) is 5.49. The topological polar surface area (TPSA) is 16.6 Å². The molecule has 0 aliphatic heterocycles. The van der Waals surface area contributed by atoms with Crippen molar-refractivity contribution in [3.05, 3.63) is 19.2 Å². The van der Waals surface area contributed by atoms with Gasteiger partial charge < -0.3 is 5.32 Å². The van der Waals surface area contributed by atoms with E-state index in [0.29, 0.717) is 17.4 Å². The zero-order valence-electron chi connectivity index (χ0n) is 11.8. The fourth-order valence-electron chi connectivity index (χ4n) is 4.57. The van der Waals surface area contributed by atoms with Crippen molar-refractivity contribution in [2.75, 3.05) is 0 Å². The Balaban J connectivity index is 2.28. The van der Waals surface area contributed by atoms with E-state index < -0.39 is 0 Å². The first-order valence-corrected chi connectivity index (χ1v) is 7.30. The number of nitrogens with two attached hydrogens (primary N) is 1. The van der Waals surface area contributed by atoms with E-state index in [2.05, 4.69) is 39.7 Å². The van der Waals surface area contributed by atoms with Gasteiger partial charge in [0.05, 0.1) is 6.04 Å². The second kappa shape index (κ2) is 4.76. The summed E-state index contributed by atoms with van der Waals surface area (Å²) in [5.74, 6) is 2.30. The first kappa shape index (κ1) is 13.1. The molecule has 0 aromatic heterocycles. The lowest BCUT2D eigenvalue weighted by molar-refractivity contribution is -0.655. The third-order valence-electron chi connectivity index (χ3n) is 5.49. The predicted molar refractivity (Wildman–Crippen MR) is 73.2 cm³/mol. The van der Waals surface area contributed by atoms with Crippen LogP contribution in [0.3, 0.4) is 0 Å². The zero-order valence-corrected chi connectivity index (χ0v) is 11.8. The van der Waals surface area contributed by atoms with Crippen molar-refractivity contribution in [1.29, 1.82) is 0 Å². The van der Waals surface area contributed by atoms with E-state index in [1.165, 1.54) is 37.7 Å². The number of fused-ring (bicyclic) bond motifs is 1. The maximum Gasteiger partial charge on any atom is 0.0722 e. The Labute approximate surface area is 107 Å². The number of rotatable bonds is 2. The minimum atomic E-state index is 0.513. The molecule has 0 spiro atoms. The van der Waals surface area contributed by atoms with Crippen LogP contribution in [-0.2, 0) is 0 Å². The summed E-state index contributed by atoms with van der Waals surface area (Å²) in [6.45, 7) is 11.6. The standard InChI is InChI=1S/C16H29N/c1-11(2)13-8-10-16(4)9-6-7-12(3)14(16)15(13)17-5/h11,13-15H,3,5-10,17H2,1-2,4H3/t13-,14+,15-,16-/m1/s1. The van der Waals surface area contributed by atoms with Crippen molar-refractivity contribution in [3.63, 3.8) is 0 Å². The third kappa shape index (κ3) is 2.19. The largest absolute Gasteiger partial charge is 0.476 e. The van der Waals surface area contributed by atoms with Gasteiger partial charge in [0.15, 0.2) is 0 Å². The van der Waals surface area contributed by atoms with Crippen molar-refractivity contribution in [3.8, 4) is 0 Å². The average molecular weight is 235 g/mol. The van der Waals surface area contributed by atoms with Gasteiger partial charge in [-0.3, -0.25) is 0 Å². The summed E-state index contributed by atoms with van der Waals surface area (Å²) in [6, 6.07) is 0.668. The van der Waals surface area contributed by atoms with E-state index >= 15 is 0 Å². The lowest BCUT2D eigenvalue weighted by Crippen LogP contribution is -2.89. The van der Waals surface area contributed by atoms with Crippen molar-refractivity contribution in [1.82, 2.24) is 0 Å². The summed E-state index contributed by atoms with van der Waals surface area (Å²) in [6.07, 6.45) is 6.77. The minimum absolute atomic E-state index is 0.513. The molecule has 1 heteroatoms. The predicted octanol–water partition coefficient (Wildman–Crippen LogP) is 3.14. The maximum absolute atomic E-state index is 4.39. The molecule has 98 valence electrons. The Bertz CT molecular complexity index is 294. The highest BCUT2D eigenvalue weighted by Gasteiger charge is 2.50. The highest BCUT2D eigenvalue weighted by atomic mass is 14.9. The first-order valence-electron chi connectivity index (χ1n) is 7.30. The molecule has 0 unspecified atom stereocenters. The molecule has 0 aromatic carbocycles. The first-order chi connectivity index (χ1) is 7.99. The Morgan fingerprint density at radius 3 is 2.71 bits per heavy atom. The molecule has 0 bridgehead atoms. The van der Waals surface area contributed by atoms with Crippen LogP contribution < -0.4 is 5.32 Å². The molecule has 17 heavy (non-hydrogen) atoms. The molecular weight excluding hydrogens is 206 g/mol. The van der Waals surface area contributed by atoms with Crippen LogP contribution in [0.4, 0.5) is 0 Å². The van der Waals surface area contributed by atoms with Crippen LogP contribution in [0.15, 0.2) is 12.2 Å².